The predicted octanol–water partition coefficient (Wildman–Crippen LogP) is 5.06. The van der Waals surface area contributed by atoms with E-state index in [0.29, 0.717) is 0 Å². The van der Waals surface area contributed by atoms with Crippen LogP contribution >= 0.6 is 0 Å². The molecular formula is C25H19FN6. The maximum atomic E-state index is 13.8. The van der Waals surface area contributed by atoms with Crippen LogP contribution in [-0.4, -0.2) is 29.1 Å². The van der Waals surface area contributed by atoms with E-state index in [0.717, 1.165) is 27.5 Å². The van der Waals surface area contributed by atoms with Crippen molar-refractivity contribution in [2.24, 2.45) is 0 Å². The number of para-hydroxylation sites is 2. The molecule has 6 aromatic rings. The second-order valence-corrected chi connectivity index (χ2v) is 7.72. The third-order valence-electron chi connectivity index (χ3n) is 5.88. The Bertz CT molecular complexity index is 1420. The lowest BCUT2D eigenvalue weighted by molar-refractivity contribution is 0.306. The standard InChI is InChI=1S/C25H19FN6/c26-20-11-9-19(10-12-20)24(30-16-14-27-17-30)25(31-15-13-18-5-1-3-7-22(18)31)32-23-8-4-2-6-21(23)28-29-32/h1-17,24-25H. The molecule has 0 amide bonds. The van der Waals surface area contributed by atoms with Gasteiger partial charge in [-0.3, -0.25) is 0 Å². The van der Waals surface area contributed by atoms with Crippen molar-refractivity contribution in [3.05, 3.63) is 115 Å². The monoisotopic (exact) mass is 422 g/mol. The van der Waals surface area contributed by atoms with Crippen molar-refractivity contribution >= 4 is 21.9 Å². The largest absolute Gasteiger partial charge is 0.326 e. The van der Waals surface area contributed by atoms with Gasteiger partial charge < -0.3 is 9.13 Å². The summed E-state index contributed by atoms with van der Waals surface area (Å²) in [5, 5.41) is 10.1. The van der Waals surface area contributed by atoms with Gasteiger partial charge in [0, 0.05) is 24.1 Å². The number of rotatable bonds is 5. The summed E-state index contributed by atoms with van der Waals surface area (Å²) in [4.78, 5) is 4.29. The Morgan fingerprint density at radius 1 is 0.781 bits per heavy atom. The van der Waals surface area contributed by atoms with Crippen molar-refractivity contribution < 1.29 is 4.39 Å². The molecule has 0 radical (unpaired) electrons. The van der Waals surface area contributed by atoms with E-state index >= 15 is 0 Å². The van der Waals surface area contributed by atoms with Crippen LogP contribution in [0.5, 0.6) is 0 Å². The van der Waals surface area contributed by atoms with Crippen molar-refractivity contribution in [1.29, 1.82) is 0 Å². The lowest BCUT2D eigenvalue weighted by Gasteiger charge is -2.31. The molecule has 32 heavy (non-hydrogen) atoms. The number of imidazole rings is 1. The summed E-state index contributed by atoms with van der Waals surface area (Å²) in [6, 6.07) is 24.6. The van der Waals surface area contributed by atoms with Crippen LogP contribution in [0, 0.1) is 5.82 Å². The molecule has 6 nitrogen and oxygen atoms in total. The highest BCUT2D eigenvalue weighted by atomic mass is 19.1. The Balaban J connectivity index is 1.66. The summed E-state index contributed by atoms with van der Waals surface area (Å²) in [5.41, 5.74) is 3.75. The average molecular weight is 422 g/mol. The van der Waals surface area contributed by atoms with E-state index in [4.69, 9.17) is 0 Å². The minimum Gasteiger partial charge on any atom is -0.326 e. The molecule has 2 atom stereocenters. The molecule has 3 aromatic carbocycles. The maximum Gasteiger partial charge on any atom is 0.154 e. The number of nitrogens with zero attached hydrogens (tertiary/aromatic N) is 6. The van der Waals surface area contributed by atoms with Crippen LogP contribution in [0.4, 0.5) is 4.39 Å². The zero-order valence-electron chi connectivity index (χ0n) is 17.0. The first-order valence-corrected chi connectivity index (χ1v) is 10.4. The Hall–Kier alpha value is -4.26. The number of halogens is 1. The molecule has 0 aliphatic heterocycles. The van der Waals surface area contributed by atoms with Crippen molar-refractivity contribution in [2.75, 3.05) is 0 Å². The van der Waals surface area contributed by atoms with Crippen molar-refractivity contribution in [2.45, 2.75) is 12.2 Å². The molecule has 0 N–H and O–H groups in total. The summed E-state index contributed by atoms with van der Waals surface area (Å²) < 4.78 is 20.0. The molecule has 0 saturated heterocycles. The fourth-order valence-corrected chi connectivity index (χ4v) is 4.41. The molecule has 156 valence electrons. The quantitative estimate of drug-likeness (QED) is 0.390. The molecule has 3 aromatic heterocycles. The molecule has 0 spiro atoms. The van der Waals surface area contributed by atoms with Crippen molar-refractivity contribution in [3.8, 4) is 0 Å². The maximum absolute atomic E-state index is 13.8. The van der Waals surface area contributed by atoms with Gasteiger partial charge in [0.1, 0.15) is 17.4 Å². The summed E-state index contributed by atoms with van der Waals surface area (Å²) >= 11 is 0. The molecule has 0 aliphatic rings. The van der Waals surface area contributed by atoms with Gasteiger partial charge in [-0.05, 0) is 47.3 Å². The fourth-order valence-electron chi connectivity index (χ4n) is 4.41. The summed E-state index contributed by atoms with van der Waals surface area (Å²) in [5.74, 6) is -0.271. The van der Waals surface area contributed by atoms with Crippen LogP contribution in [-0.2, 0) is 0 Å². The summed E-state index contributed by atoms with van der Waals surface area (Å²) in [7, 11) is 0. The van der Waals surface area contributed by atoms with E-state index in [-0.39, 0.29) is 18.0 Å². The number of hydrogen-bond donors (Lipinski definition) is 0. The molecule has 6 rings (SSSR count). The van der Waals surface area contributed by atoms with Crippen LogP contribution in [0.3, 0.4) is 0 Å². The Labute approximate surface area is 183 Å². The second kappa shape index (κ2) is 7.46. The third kappa shape index (κ3) is 2.98. The van der Waals surface area contributed by atoms with E-state index in [1.54, 1.807) is 12.5 Å². The normalized spacial score (nSPS) is 13.5. The van der Waals surface area contributed by atoms with E-state index in [2.05, 4.69) is 44.3 Å². The molecule has 0 fully saturated rings. The number of hydrogen-bond acceptors (Lipinski definition) is 3. The van der Waals surface area contributed by atoms with Gasteiger partial charge in [-0.1, -0.05) is 47.7 Å². The van der Waals surface area contributed by atoms with Crippen LogP contribution in [0.15, 0.2) is 104 Å². The zero-order valence-corrected chi connectivity index (χ0v) is 17.0. The molecule has 0 saturated carbocycles. The minimum atomic E-state index is -0.318. The smallest absolute Gasteiger partial charge is 0.154 e. The Kier molecular flexibility index (Phi) is 4.31. The highest BCUT2D eigenvalue weighted by Gasteiger charge is 2.31. The summed E-state index contributed by atoms with van der Waals surface area (Å²) in [6.45, 7) is 0. The molecule has 0 aliphatic carbocycles. The first kappa shape index (κ1) is 18.5. The molecule has 3 heterocycles. The molecule has 7 heteroatoms. The highest BCUT2D eigenvalue weighted by molar-refractivity contribution is 5.80. The van der Waals surface area contributed by atoms with Crippen molar-refractivity contribution in [3.63, 3.8) is 0 Å². The van der Waals surface area contributed by atoms with Gasteiger partial charge in [0.25, 0.3) is 0 Å². The topological polar surface area (TPSA) is 53.5 Å². The van der Waals surface area contributed by atoms with Crippen LogP contribution in [0.2, 0.25) is 0 Å². The first-order valence-electron chi connectivity index (χ1n) is 10.4. The fraction of sp³-hybridized carbons (Fsp3) is 0.0800. The second-order valence-electron chi connectivity index (χ2n) is 7.72. The number of benzene rings is 3. The number of aromatic nitrogens is 6. The van der Waals surface area contributed by atoms with Gasteiger partial charge >= 0.3 is 0 Å². The van der Waals surface area contributed by atoms with E-state index in [1.165, 1.54) is 12.1 Å². The Morgan fingerprint density at radius 3 is 2.38 bits per heavy atom. The third-order valence-corrected chi connectivity index (χ3v) is 5.88. The van der Waals surface area contributed by atoms with Gasteiger partial charge in [0.15, 0.2) is 6.17 Å². The Morgan fingerprint density at radius 2 is 1.56 bits per heavy atom. The van der Waals surface area contributed by atoms with E-state index in [9.17, 15) is 4.39 Å². The molecule has 0 bridgehead atoms. The average Bonchev–Trinajstić information content (AvgIpc) is 3.58. The van der Waals surface area contributed by atoms with Gasteiger partial charge in [-0.2, -0.15) is 0 Å². The van der Waals surface area contributed by atoms with Crippen molar-refractivity contribution in [1.82, 2.24) is 29.1 Å². The van der Waals surface area contributed by atoms with E-state index < -0.39 is 0 Å². The van der Waals surface area contributed by atoms with Gasteiger partial charge in [0.2, 0.25) is 0 Å². The lowest BCUT2D eigenvalue weighted by atomic mass is 10.0. The highest BCUT2D eigenvalue weighted by Crippen LogP contribution is 2.36. The first-order chi connectivity index (χ1) is 15.8. The van der Waals surface area contributed by atoms with Gasteiger partial charge in [-0.15, -0.1) is 5.10 Å². The number of fused-ring (bicyclic) bond motifs is 2. The van der Waals surface area contributed by atoms with Crippen LogP contribution < -0.4 is 0 Å². The SMILES string of the molecule is Fc1ccc(C(C(n2ccc3ccccc32)n2nnc3ccccc32)n2ccnc2)cc1. The molecular weight excluding hydrogens is 403 g/mol. The van der Waals surface area contributed by atoms with Gasteiger partial charge in [-0.25, -0.2) is 14.1 Å². The minimum absolute atomic E-state index is 0.251. The predicted molar refractivity (Wildman–Crippen MR) is 121 cm³/mol. The van der Waals surface area contributed by atoms with Crippen LogP contribution in [0.1, 0.15) is 17.8 Å². The van der Waals surface area contributed by atoms with E-state index in [1.807, 2.05) is 64.0 Å². The summed E-state index contributed by atoms with van der Waals surface area (Å²) in [6.07, 6.45) is 7.21. The zero-order chi connectivity index (χ0) is 21.5. The lowest BCUT2D eigenvalue weighted by Crippen LogP contribution is -2.30. The molecule has 2 unspecified atom stereocenters. The van der Waals surface area contributed by atoms with Gasteiger partial charge in [0.05, 0.1) is 11.8 Å². The van der Waals surface area contributed by atoms with Crippen LogP contribution in [0.25, 0.3) is 21.9 Å².